The highest BCUT2D eigenvalue weighted by Gasteiger charge is 2.43. The molecule has 1 saturated heterocycles. The molecule has 4 heteroatoms. The Hall–Kier alpha value is -0.770. The van der Waals surface area contributed by atoms with Crippen LogP contribution < -0.4 is 0 Å². The quantitative estimate of drug-likeness (QED) is 0.576. The molecule has 3 unspecified atom stereocenters. The fourth-order valence-electron chi connectivity index (χ4n) is 2.22. The summed E-state index contributed by atoms with van der Waals surface area (Å²) in [5, 5.41) is 7.88. The van der Waals surface area contributed by atoms with Crippen LogP contribution in [0.5, 0.6) is 0 Å². The number of hydrogen-bond acceptors (Lipinski definition) is 4. The predicted molar refractivity (Wildman–Crippen MR) is 61.3 cm³/mol. The molecule has 3 nitrogen and oxygen atoms in total. The van der Waals surface area contributed by atoms with Gasteiger partial charge >= 0.3 is 0 Å². The molecule has 0 bridgehead atoms. The highest BCUT2D eigenvalue weighted by atomic mass is 32.2. The van der Waals surface area contributed by atoms with Crippen molar-refractivity contribution in [3.8, 4) is 0 Å². The monoisotopic (exact) mass is 225 g/mol. The first kappa shape index (κ1) is 10.7. The number of ether oxygens (including phenoxy) is 1. The van der Waals surface area contributed by atoms with Gasteiger partial charge in [0.25, 0.3) is 0 Å². The summed E-state index contributed by atoms with van der Waals surface area (Å²) in [7, 11) is 0. The third-order valence-electron chi connectivity index (χ3n) is 2.98. The van der Waals surface area contributed by atoms with Crippen molar-refractivity contribution >= 4 is 23.4 Å². The molecule has 0 aromatic carbocycles. The van der Waals surface area contributed by atoms with E-state index in [4.69, 9.17) is 10.1 Å². The van der Waals surface area contributed by atoms with Gasteiger partial charge in [0.1, 0.15) is 0 Å². The van der Waals surface area contributed by atoms with Crippen molar-refractivity contribution in [3.05, 3.63) is 12.2 Å². The second-order valence-electron chi connectivity index (χ2n) is 3.86. The van der Waals surface area contributed by atoms with Crippen LogP contribution in [0.2, 0.25) is 0 Å². The summed E-state index contributed by atoms with van der Waals surface area (Å²) < 4.78 is 5.24. The van der Waals surface area contributed by atoms with Crippen molar-refractivity contribution in [3.63, 3.8) is 0 Å². The molecule has 2 aliphatic rings. The minimum atomic E-state index is 0.0869. The van der Waals surface area contributed by atoms with Crippen molar-refractivity contribution < 1.29 is 9.53 Å². The van der Waals surface area contributed by atoms with Crippen LogP contribution in [-0.4, -0.2) is 29.3 Å². The van der Waals surface area contributed by atoms with Crippen molar-refractivity contribution in [1.82, 2.24) is 0 Å². The molecule has 1 aliphatic carbocycles. The second kappa shape index (κ2) is 4.39. The predicted octanol–water partition coefficient (Wildman–Crippen LogP) is 1.88. The minimum absolute atomic E-state index is 0.0869. The molecule has 2 rings (SSSR count). The molecule has 0 spiro atoms. The van der Waals surface area contributed by atoms with Crippen molar-refractivity contribution in [2.24, 2.45) is 11.8 Å². The second-order valence-corrected chi connectivity index (χ2v) is 5.04. The van der Waals surface area contributed by atoms with Gasteiger partial charge < -0.3 is 4.74 Å². The number of fused-ring (bicyclic) bond motifs is 1. The Bertz CT molecular complexity index is 314. The van der Waals surface area contributed by atoms with Gasteiger partial charge in [0, 0.05) is 11.7 Å². The Morgan fingerprint density at radius 1 is 1.73 bits per heavy atom. The SMILES string of the molecule is CCOC(=N)C1SCC2C(=O)C=CCC21. The molecule has 1 aliphatic heterocycles. The van der Waals surface area contributed by atoms with Crippen molar-refractivity contribution in [2.75, 3.05) is 12.4 Å². The number of allylic oxidation sites excluding steroid dienone is 2. The Balaban J connectivity index is 2.08. The van der Waals surface area contributed by atoms with Gasteiger partial charge in [-0.2, -0.15) is 0 Å². The van der Waals surface area contributed by atoms with Crippen LogP contribution in [0.25, 0.3) is 0 Å². The van der Waals surface area contributed by atoms with Gasteiger partial charge in [0.05, 0.1) is 11.9 Å². The average Bonchev–Trinajstić information content (AvgIpc) is 2.63. The molecule has 15 heavy (non-hydrogen) atoms. The molecule has 0 aromatic rings. The Morgan fingerprint density at radius 3 is 3.27 bits per heavy atom. The maximum absolute atomic E-state index is 11.6. The molecule has 0 amide bonds. The molecule has 82 valence electrons. The van der Waals surface area contributed by atoms with Crippen LogP contribution in [0.3, 0.4) is 0 Å². The molecule has 0 radical (unpaired) electrons. The first-order valence-electron chi connectivity index (χ1n) is 5.27. The lowest BCUT2D eigenvalue weighted by Gasteiger charge is -2.23. The number of ketones is 1. The number of hydrogen-bond donors (Lipinski definition) is 1. The van der Waals surface area contributed by atoms with Crippen LogP contribution in [0.15, 0.2) is 12.2 Å². The number of carbonyl (C=O) groups is 1. The van der Waals surface area contributed by atoms with E-state index in [-0.39, 0.29) is 22.9 Å². The smallest absolute Gasteiger partial charge is 0.194 e. The van der Waals surface area contributed by atoms with E-state index in [0.717, 1.165) is 12.2 Å². The van der Waals surface area contributed by atoms with E-state index in [0.29, 0.717) is 12.5 Å². The van der Waals surface area contributed by atoms with Gasteiger partial charge in [-0.15, -0.1) is 11.8 Å². The Labute approximate surface area is 93.8 Å². The molecule has 3 atom stereocenters. The lowest BCUT2D eigenvalue weighted by molar-refractivity contribution is -0.119. The third-order valence-corrected chi connectivity index (χ3v) is 4.45. The first-order valence-corrected chi connectivity index (χ1v) is 6.32. The molecule has 0 saturated carbocycles. The highest BCUT2D eigenvalue weighted by molar-refractivity contribution is 8.00. The summed E-state index contributed by atoms with van der Waals surface area (Å²) in [4.78, 5) is 11.6. The molecule has 1 fully saturated rings. The largest absolute Gasteiger partial charge is 0.481 e. The molecule has 1 N–H and O–H groups in total. The zero-order valence-corrected chi connectivity index (χ0v) is 9.55. The summed E-state index contributed by atoms with van der Waals surface area (Å²) in [5.41, 5.74) is 0. The van der Waals surface area contributed by atoms with Gasteiger partial charge in [-0.3, -0.25) is 10.2 Å². The van der Waals surface area contributed by atoms with Gasteiger partial charge in [-0.25, -0.2) is 0 Å². The van der Waals surface area contributed by atoms with Crippen molar-refractivity contribution in [2.45, 2.75) is 18.6 Å². The fourth-order valence-corrected chi connectivity index (χ4v) is 3.81. The zero-order valence-electron chi connectivity index (χ0n) is 8.73. The van der Waals surface area contributed by atoms with E-state index < -0.39 is 0 Å². The summed E-state index contributed by atoms with van der Waals surface area (Å²) in [6, 6.07) is 0. The summed E-state index contributed by atoms with van der Waals surface area (Å²) in [6.45, 7) is 2.43. The summed E-state index contributed by atoms with van der Waals surface area (Å²) in [5.74, 6) is 1.81. The first-order chi connectivity index (χ1) is 7.24. The fraction of sp³-hybridized carbons (Fsp3) is 0.636. The zero-order chi connectivity index (χ0) is 10.8. The number of thioether (sulfide) groups is 1. The van der Waals surface area contributed by atoms with Gasteiger partial charge in [0.15, 0.2) is 11.7 Å². The van der Waals surface area contributed by atoms with Crippen LogP contribution >= 0.6 is 11.8 Å². The van der Waals surface area contributed by atoms with E-state index in [1.807, 2.05) is 13.0 Å². The molecule has 0 aromatic heterocycles. The minimum Gasteiger partial charge on any atom is -0.481 e. The van der Waals surface area contributed by atoms with Gasteiger partial charge in [-0.1, -0.05) is 6.08 Å². The van der Waals surface area contributed by atoms with E-state index in [1.165, 1.54) is 0 Å². The topological polar surface area (TPSA) is 50.1 Å². The van der Waals surface area contributed by atoms with E-state index in [2.05, 4.69) is 0 Å². The maximum Gasteiger partial charge on any atom is 0.194 e. The van der Waals surface area contributed by atoms with Crippen LogP contribution in [0, 0.1) is 17.2 Å². The number of nitrogens with one attached hydrogen (secondary N) is 1. The maximum atomic E-state index is 11.6. The van der Waals surface area contributed by atoms with E-state index >= 15 is 0 Å². The molecule has 1 heterocycles. The Morgan fingerprint density at radius 2 is 2.53 bits per heavy atom. The Kier molecular flexibility index (Phi) is 3.14. The third kappa shape index (κ3) is 1.95. The lowest BCUT2D eigenvalue weighted by atomic mass is 9.81. The summed E-state index contributed by atoms with van der Waals surface area (Å²) in [6.07, 6.45) is 4.53. The standard InChI is InChI=1S/C11H15NO2S/c1-2-14-11(12)10-7-4-3-5-9(13)8(7)6-15-10/h3,5,7-8,10,12H,2,4,6H2,1H3. The highest BCUT2D eigenvalue weighted by Crippen LogP contribution is 2.42. The van der Waals surface area contributed by atoms with E-state index in [9.17, 15) is 4.79 Å². The number of carbonyl (C=O) groups excluding carboxylic acids is 1. The van der Waals surface area contributed by atoms with Gasteiger partial charge in [-0.05, 0) is 25.3 Å². The average molecular weight is 225 g/mol. The van der Waals surface area contributed by atoms with Crippen molar-refractivity contribution in [1.29, 1.82) is 5.41 Å². The van der Waals surface area contributed by atoms with Gasteiger partial charge in [0.2, 0.25) is 0 Å². The van der Waals surface area contributed by atoms with Crippen LogP contribution in [-0.2, 0) is 9.53 Å². The molecular formula is C11H15NO2S. The van der Waals surface area contributed by atoms with Crippen LogP contribution in [0.1, 0.15) is 13.3 Å². The lowest BCUT2D eigenvalue weighted by Crippen LogP contribution is -2.32. The van der Waals surface area contributed by atoms with Crippen LogP contribution in [0.4, 0.5) is 0 Å². The summed E-state index contributed by atoms with van der Waals surface area (Å²) >= 11 is 1.69. The normalized spacial score (nSPS) is 33.9. The van der Waals surface area contributed by atoms with E-state index in [1.54, 1.807) is 17.8 Å². The molecular weight excluding hydrogens is 210 g/mol. The number of rotatable bonds is 2.